The second-order valence-corrected chi connectivity index (χ2v) is 2.90. The van der Waals surface area contributed by atoms with Gasteiger partial charge in [-0.15, -0.1) is 0 Å². The fourth-order valence-corrected chi connectivity index (χ4v) is 1.09. The molecule has 0 aliphatic carbocycles. The van der Waals surface area contributed by atoms with Gasteiger partial charge < -0.3 is 15.2 Å². The van der Waals surface area contributed by atoms with E-state index in [1.165, 1.54) is 7.11 Å². The number of methoxy groups -OCH3 is 1. The molecular formula is C9H19NO3. The number of ether oxygens (including phenoxy) is 1. The van der Waals surface area contributed by atoms with Crippen molar-refractivity contribution in [3.8, 4) is 0 Å². The molecular weight excluding hydrogens is 170 g/mol. The first-order valence-electron chi connectivity index (χ1n) is 4.65. The molecule has 0 aromatic heterocycles. The Morgan fingerprint density at radius 2 is 2.31 bits per heavy atom. The molecule has 1 atom stereocenters. The maximum atomic E-state index is 10.7. The average molecular weight is 189 g/mol. The third-order valence-electron chi connectivity index (χ3n) is 1.96. The zero-order valence-electron chi connectivity index (χ0n) is 8.38. The maximum absolute atomic E-state index is 10.7. The van der Waals surface area contributed by atoms with E-state index >= 15 is 0 Å². The Kier molecular flexibility index (Phi) is 7.63. The highest BCUT2D eigenvalue weighted by Gasteiger charge is 2.05. The molecule has 13 heavy (non-hydrogen) atoms. The quantitative estimate of drug-likeness (QED) is 0.565. The summed E-state index contributed by atoms with van der Waals surface area (Å²) in [6, 6.07) is 0.301. The Labute approximate surface area is 79.3 Å². The van der Waals surface area contributed by atoms with Crippen LogP contribution in [0.2, 0.25) is 0 Å². The monoisotopic (exact) mass is 189 g/mol. The largest absolute Gasteiger partial charge is 0.469 e. The Balaban J connectivity index is 3.42. The highest BCUT2D eigenvalue weighted by molar-refractivity contribution is 5.69. The van der Waals surface area contributed by atoms with Crippen molar-refractivity contribution < 1.29 is 14.6 Å². The van der Waals surface area contributed by atoms with Crippen molar-refractivity contribution in [1.82, 2.24) is 5.32 Å². The lowest BCUT2D eigenvalue weighted by atomic mass is 10.1. The van der Waals surface area contributed by atoms with Crippen LogP contribution >= 0.6 is 0 Å². The van der Waals surface area contributed by atoms with Crippen LogP contribution in [0.3, 0.4) is 0 Å². The minimum Gasteiger partial charge on any atom is -0.469 e. The molecule has 0 aromatic rings. The van der Waals surface area contributed by atoms with Gasteiger partial charge in [0.2, 0.25) is 0 Å². The van der Waals surface area contributed by atoms with E-state index in [0.29, 0.717) is 19.0 Å². The highest BCUT2D eigenvalue weighted by atomic mass is 16.5. The highest BCUT2D eigenvalue weighted by Crippen LogP contribution is 1.96. The third-order valence-corrected chi connectivity index (χ3v) is 1.96. The topological polar surface area (TPSA) is 58.6 Å². The molecule has 0 spiro atoms. The molecule has 0 rings (SSSR count). The van der Waals surface area contributed by atoms with E-state index in [1.807, 2.05) is 6.92 Å². The van der Waals surface area contributed by atoms with Crippen LogP contribution in [-0.2, 0) is 9.53 Å². The molecule has 0 fully saturated rings. The van der Waals surface area contributed by atoms with E-state index in [9.17, 15) is 4.79 Å². The van der Waals surface area contributed by atoms with Crippen LogP contribution in [0.25, 0.3) is 0 Å². The van der Waals surface area contributed by atoms with Crippen molar-refractivity contribution in [3.63, 3.8) is 0 Å². The van der Waals surface area contributed by atoms with E-state index < -0.39 is 0 Å². The average Bonchev–Trinajstić information content (AvgIpc) is 2.16. The predicted molar refractivity (Wildman–Crippen MR) is 50.4 cm³/mol. The van der Waals surface area contributed by atoms with E-state index in [-0.39, 0.29) is 12.6 Å². The molecule has 2 N–H and O–H groups in total. The maximum Gasteiger partial charge on any atom is 0.306 e. The molecule has 0 saturated carbocycles. The van der Waals surface area contributed by atoms with Gasteiger partial charge in [0.15, 0.2) is 0 Å². The van der Waals surface area contributed by atoms with Crippen LogP contribution in [0, 0.1) is 0 Å². The van der Waals surface area contributed by atoms with Gasteiger partial charge in [-0.2, -0.15) is 0 Å². The van der Waals surface area contributed by atoms with Gasteiger partial charge in [-0.3, -0.25) is 4.79 Å². The van der Waals surface area contributed by atoms with Gasteiger partial charge in [-0.25, -0.2) is 0 Å². The number of hydrogen-bond acceptors (Lipinski definition) is 4. The van der Waals surface area contributed by atoms with Gasteiger partial charge in [-0.1, -0.05) is 6.92 Å². The van der Waals surface area contributed by atoms with E-state index in [1.54, 1.807) is 0 Å². The van der Waals surface area contributed by atoms with Gasteiger partial charge in [-0.05, 0) is 12.8 Å². The molecule has 0 aromatic carbocycles. The molecule has 78 valence electrons. The summed E-state index contributed by atoms with van der Waals surface area (Å²) in [4.78, 5) is 10.7. The van der Waals surface area contributed by atoms with Crippen LogP contribution < -0.4 is 5.32 Å². The summed E-state index contributed by atoms with van der Waals surface area (Å²) in [7, 11) is 1.38. The van der Waals surface area contributed by atoms with Crippen molar-refractivity contribution in [3.05, 3.63) is 0 Å². The molecule has 0 aliphatic rings. The number of nitrogens with one attached hydrogen (secondary N) is 1. The van der Waals surface area contributed by atoms with Gasteiger partial charge in [0.25, 0.3) is 0 Å². The Hall–Kier alpha value is -0.610. The lowest BCUT2D eigenvalue weighted by Crippen LogP contribution is -2.31. The number of aliphatic hydroxyl groups is 1. The molecule has 4 nitrogen and oxygen atoms in total. The summed E-state index contributed by atoms with van der Waals surface area (Å²) in [5, 5.41) is 11.9. The van der Waals surface area contributed by atoms with E-state index in [0.717, 1.165) is 12.8 Å². The number of carbonyl (C=O) groups excluding carboxylic acids is 1. The number of rotatable bonds is 7. The lowest BCUT2D eigenvalue weighted by Gasteiger charge is -2.14. The summed E-state index contributed by atoms with van der Waals surface area (Å²) in [5.74, 6) is -0.202. The molecule has 0 radical (unpaired) electrons. The second kappa shape index (κ2) is 8.01. The number of aliphatic hydroxyl groups excluding tert-OH is 1. The van der Waals surface area contributed by atoms with Crippen LogP contribution in [-0.4, -0.2) is 37.4 Å². The summed E-state index contributed by atoms with van der Waals surface area (Å²) in [6.07, 6.45) is 2.08. The molecule has 0 saturated heterocycles. The fraction of sp³-hybridized carbons (Fsp3) is 0.889. The first kappa shape index (κ1) is 12.4. The summed E-state index contributed by atoms with van der Waals surface area (Å²) in [5.41, 5.74) is 0. The normalized spacial score (nSPS) is 12.5. The first-order chi connectivity index (χ1) is 6.24. The van der Waals surface area contributed by atoms with Crippen molar-refractivity contribution in [2.75, 3.05) is 20.3 Å². The zero-order valence-corrected chi connectivity index (χ0v) is 8.38. The van der Waals surface area contributed by atoms with Crippen LogP contribution in [0.1, 0.15) is 26.2 Å². The van der Waals surface area contributed by atoms with Crippen LogP contribution in [0.5, 0.6) is 0 Å². The number of carbonyl (C=O) groups is 1. The SMILES string of the molecule is CCC(CCO)NCCC(=O)OC. The number of esters is 1. The van der Waals surface area contributed by atoms with Gasteiger partial charge in [0, 0.05) is 19.2 Å². The van der Waals surface area contributed by atoms with E-state index in [4.69, 9.17) is 5.11 Å². The van der Waals surface area contributed by atoms with Crippen LogP contribution in [0.15, 0.2) is 0 Å². The van der Waals surface area contributed by atoms with Crippen molar-refractivity contribution in [2.45, 2.75) is 32.2 Å². The van der Waals surface area contributed by atoms with Crippen molar-refractivity contribution in [1.29, 1.82) is 0 Å². The smallest absolute Gasteiger partial charge is 0.306 e. The minimum atomic E-state index is -0.202. The molecule has 0 heterocycles. The van der Waals surface area contributed by atoms with Gasteiger partial charge in [0.1, 0.15) is 0 Å². The summed E-state index contributed by atoms with van der Waals surface area (Å²) < 4.78 is 4.50. The minimum absolute atomic E-state index is 0.184. The predicted octanol–water partition coefficient (Wildman–Crippen LogP) is 0.300. The summed E-state index contributed by atoms with van der Waals surface area (Å²) in [6.45, 7) is 2.85. The second-order valence-electron chi connectivity index (χ2n) is 2.90. The first-order valence-corrected chi connectivity index (χ1v) is 4.65. The third kappa shape index (κ3) is 6.54. The fourth-order valence-electron chi connectivity index (χ4n) is 1.09. The van der Waals surface area contributed by atoms with Crippen molar-refractivity contribution >= 4 is 5.97 Å². The van der Waals surface area contributed by atoms with Crippen LogP contribution in [0.4, 0.5) is 0 Å². The molecule has 0 aliphatic heterocycles. The molecule has 0 amide bonds. The molecule has 0 bridgehead atoms. The molecule has 1 unspecified atom stereocenters. The van der Waals surface area contributed by atoms with Gasteiger partial charge >= 0.3 is 5.97 Å². The van der Waals surface area contributed by atoms with Crippen molar-refractivity contribution in [2.24, 2.45) is 0 Å². The standard InChI is InChI=1S/C9H19NO3/c1-3-8(5-7-11)10-6-4-9(12)13-2/h8,10-11H,3-7H2,1-2H3. The Bertz CT molecular complexity index is 139. The summed E-state index contributed by atoms with van der Waals surface area (Å²) >= 11 is 0. The van der Waals surface area contributed by atoms with E-state index in [2.05, 4.69) is 10.1 Å². The zero-order chi connectivity index (χ0) is 10.1. The lowest BCUT2D eigenvalue weighted by molar-refractivity contribution is -0.140. The Morgan fingerprint density at radius 3 is 2.77 bits per heavy atom. The molecule has 4 heteroatoms. The number of hydrogen-bond donors (Lipinski definition) is 2. The van der Waals surface area contributed by atoms with Gasteiger partial charge in [0.05, 0.1) is 13.5 Å². The Morgan fingerprint density at radius 1 is 1.62 bits per heavy atom.